The van der Waals surface area contributed by atoms with Crippen LogP contribution in [-0.2, 0) is 0 Å². The lowest BCUT2D eigenvalue weighted by Crippen LogP contribution is -2.45. The molecule has 1 heterocycles. The molecule has 21 heavy (non-hydrogen) atoms. The maximum absolute atomic E-state index is 12.5. The third kappa shape index (κ3) is 4.68. The van der Waals surface area contributed by atoms with Crippen molar-refractivity contribution in [3.63, 3.8) is 0 Å². The molecule has 1 aliphatic heterocycles. The molecule has 1 saturated heterocycles. The van der Waals surface area contributed by atoms with E-state index in [1.807, 2.05) is 0 Å². The van der Waals surface area contributed by atoms with Gasteiger partial charge in [0.15, 0.2) is 5.78 Å². The Bertz CT molecular complexity index is 487. The Morgan fingerprint density at radius 1 is 1.33 bits per heavy atom. The smallest absolute Gasteiger partial charge is 0.178 e. The number of nitrogens with zero attached hydrogens (tertiary/aromatic N) is 1. The lowest BCUT2D eigenvalue weighted by Gasteiger charge is -2.34. The molecule has 1 fully saturated rings. The lowest BCUT2D eigenvalue weighted by atomic mass is 10.0. The fraction of sp³-hybridized carbons (Fsp3) is 0.562. The van der Waals surface area contributed by atoms with Crippen LogP contribution in [0.5, 0.6) is 0 Å². The number of benzene rings is 1. The van der Waals surface area contributed by atoms with Crippen LogP contribution in [0.3, 0.4) is 0 Å². The Balaban J connectivity index is 2.08. The molecule has 3 nitrogen and oxygen atoms in total. The predicted molar refractivity (Wildman–Crippen MR) is 88.5 cm³/mol. The van der Waals surface area contributed by atoms with Gasteiger partial charge in [-0.25, -0.2) is 0 Å². The fourth-order valence-electron chi connectivity index (χ4n) is 2.83. The number of carbonyl (C=O) groups is 1. The van der Waals surface area contributed by atoms with Gasteiger partial charge in [0.05, 0.1) is 11.6 Å². The van der Waals surface area contributed by atoms with E-state index >= 15 is 0 Å². The van der Waals surface area contributed by atoms with Gasteiger partial charge in [0.25, 0.3) is 0 Å². The Morgan fingerprint density at radius 2 is 2.05 bits per heavy atom. The first kappa shape index (κ1) is 16.8. The highest BCUT2D eigenvalue weighted by molar-refractivity contribution is 6.36. The number of rotatable bonds is 6. The highest BCUT2D eigenvalue weighted by atomic mass is 35.5. The second-order valence-corrected chi connectivity index (χ2v) is 6.34. The van der Waals surface area contributed by atoms with Crippen molar-refractivity contribution >= 4 is 29.0 Å². The number of halogens is 2. The lowest BCUT2D eigenvalue weighted by molar-refractivity contribution is 0.0865. The molecule has 0 spiro atoms. The molecule has 0 saturated carbocycles. The highest BCUT2D eigenvalue weighted by Crippen LogP contribution is 2.22. The minimum atomic E-state index is 0.0504. The standard InChI is InChI=1S/C16H22Cl2N2O/c1-2-9-20(13-5-7-19-8-6-13)11-16(21)14-10-12(17)3-4-15(14)18/h3-4,10,13,19H,2,5-9,11H2,1H3. The molecular weight excluding hydrogens is 307 g/mol. The van der Waals surface area contributed by atoms with Crippen LogP contribution in [0.15, 0.2) is 18.2 Å². The molecule has 1 aromatic rings. The van der Waals surface area contributed by atoms with Crippen LogP contribution in [-0.4, -0.2) is 42.9 Å². The summed E-state index contributed by atoms with van der Waals surface area (Å²) in [4.78, 5) is 14.8. The zero-order chi connectivity index (χ0) is 15.2. The molecule has 1 aliphatic rings. The van der Waals surface area contributed by atoms with E-state index in [-0.39, 0.29) is 5.78 Å². The summed E-state index contributed by atoms with van der Waals surface area (Å²) in [5.74, 6) is 0.0504. The van der Waals surface area contributed by atoms with Crippen LogP contribution in [0.25, 0.3) is 0 Å². The fourth-order valence-corrected chi connectivity index (χ4v) is 3.23. The first-order chi connectivity index (χ1) is 10.1. The number of carbonyl (C=O) groups excluding carboxylic acids is 1. The van der Waals surface area contributed by atoms with Crippen molar-refractivity contribution in [2.24, 2.45) is 0 Å². The first-order valence-electron chi connectivity index (χ1n) is 7.55. The maximum atomic E-state index is 12.5. The van der Waals surface area contributed by atoms with Crippen molar-refractivity contribution in [1.29, 1.82) is 0 Å². The Morgan fingerprint density at radius 3 is 2.71 bits per heavy atom. The van der Waals surface area contributed by atoms with Crippen molar-refractivity contribution in [3.8, 4) is 0 Å². The number of hydrogen-bond acceptors (Lipinski definition) is 3. The van der Waals surface area contributed by atoms with Crippen LogP contribution in [0.1, 0.15) is 36.5 Å². The summed E-state index contributed by atoms with van der Waals surface area (Å²) in [5, 5.41) is 4.39. The van der Waals surface area contributed by atoms with Crippen molar-refractivity contribution in [3.05, 3.63) is 33.8 Å². The quantitative estimate of drug-likeness (QED) is 0.809. The van der Waals surface area contributed by atoms with E-state index in [1.54, 1.807) is 18.2 Å². The van der Waals surface area contributed by atoms with Gasteiger partial charge in [-0.3, -0.25) is 9.69 Å². The number of hydrogen-bond donors (Lipinski definition) is 1. The molecule has 0 amide bonds. The monoisotopic (exact) mass is 328 g/mol. The summed E-state index contributed by atoms with van der Waals surface area (Å²) in [6, 6.07) is 5.54. The molecule has 1 N–H and O–H groups in total. The van der Waals surface area contributed by atoms with E-state index in [2.05, 4.69) is 17.1 Å². The Labute approximate surface area is 136 Å². The number of ketones is 1. The molecule has 0 unspecified atom stereocenters. The first-order valence-corrected chi connectivity index (χ1v) is 8.30. The number of Topliss-reactive ketones (excluding diaryl/α,β-unsaturated/α-hetero) is 1. The third-order valence-corrected chi connectivity index (χ3v) is 4.48. The largest absolute Gasteiger partial charge is 0.317 e. The molecule has 0 bridgehead atoms. The van der Waals surface area contributed by atoms with E-state index in [0.717, 1.165) is 38.9 Å². The Kier molecular flexibility index (Phi) is 6.49. The van der Waals surface area contributed by atoms with Gasteiger partial charge in [0, 0.05) is 16.6 Å². The summed E-state index contributed by atoms with van der Waals surface area (Å²) in [5.41, 5.74) is 0.527. The van der Waals surface area contributed by atoms with Crippen LogP contribution in [0.4, 0.5) is 0 Å². The number of piperidine rings is 1. The van der Waals surface area contributed by atoms with Crippen molar-refractivity contribution in [2.75, 3.05) is 26.2 Å². The van der Waals surface area contributed by atoms with Gasteiger partial charge >= 0.3 is 0 Å². The molecule has 5 heteroatoms. The van der Waals surface area contributed by atoms with Gasteiger partial charge in [-0.05, 0) is 57.1 Å². The molecular formula is C16H22Cl2N2O. The summed E-state index contributed by atoms with van der Waals surface area (Å²) in [7, 11) is 0. The highest BCUT2D eigenvalue weighted by Gasteiger charge is 2.23. The second-order valence-electron chi connectivity index (χ2n) is 5.50. The van der Waals surface area contributed by atoms with Crippen LogP contribution < -0.4 is 5.32 Å². The molecule has 0 aromatic heterocycles. The van der Waals surface area contributed by atoms with Gasteiger partial charge in [-0.1, -0.05) is 30.1 Å². The normalized spacial score (nSPS) is 16.4. The zero-order valence-electron chi connectivity index (χ0n) is 12.4. The molecule has 116 valence electrons. The molecule has 1 aromatic carbocycles. The minimum absolute atomic E-state index is 0.0504. The SMILES string of the molecule is CCCN(CC(=O)c1cc(Cl)ccc1Cl)C1CCNCC1. The summed E-state index contributed by atoms with van der Waals surface area (Å²) in [6.45, 7) is 5.55. The third-order valence-electron chi connectivity index (χ3n) is 3.91. The van der Waals surface area contributed by atoms with Gasteiger partial charge in [0.1, 0.15) is 0 Å². The van der Waals surface area contributed by atoms with Crippen molar-refractivity contribution < 1.29 is 4.79 Å². The van der Waals surface area contributed by atoms with E-state index in [4.69, 9.17) is 23.2 Å². The number of nitrogens with one attached hydrogen (secondary N) is 1. The van der Waals surface area contributed by atoms with Gasteiger partial charge in [-0.15, -0.1) is 0 Å². The maximum Gasteiger partial charge on any atom is 0.178 e. The minimum Gasteiger partial charge on any atom is -0.317 e. The van der Waals surface area contributed by atoms with Gasteiger partial charge in [0.2, 0.25) is 0 Å². The molecule has 0 aliphatic carbocycles. The van der Waals surface area contributed by atoms with E-state index in [9.17, 15) is 4.79 Å². The average Bonchev–Trinajstić information content (AvgIpc) is 2.50. The Hall–Kier alpha value is -0.610. The topological polar surface area (TPSA) is 32.3 Å². The van der Waals surface area contributed by atoms with Gasteiger partial charge in [-0.2, -0.15) is 0 Å². The van der Waals surface area contributed by atoms with Crippen LogP contribution in [0, 0.1) is 0 Å². The van der Waals surface area contributed by atoms with E-state index < -0.39 is 0 Å². The summed E-state index contributed by atoms with van der Waals surface area (Å²) in [6.07, 6.45) is 3.23. The molecule has 0 atom stereocenters. The summed E-state index contributed by atoms with van der Waals surface area (Å²) < 4.78 is 0. The van der Waals surface area contributed by atoms with Crippen molar-refractivity contribution in [2.45, 2.75) is 32.2 Å². The van der Waals surface area contributed by atoms with Crippen molar-refractivity contribution in [1.82, 2.24) is 10.2 Å². The van der Waals surface area contributed by atoms with E-state index in [1.165, 1.54) is 0 Å². The zero-order valence-corrected chi connectivity index (χ0v) is 13.9. The van der Waals surface area contributed by atoms with Crippen LogP contribution >= 0.6 is 23.2 Å². The van der Waals surface area contributed by atoms with Gasteiger partial charge < -0.3 is 5.32 Å². The van der Waals surface area contributed by atoms with E-state index in [0.29, 0.717) is 28.2 Å². The summed E-state index contributed by atoms with van der Waals surface area (Å²) >= 11 is 12.1. The van der Waals surface area contributed by atoms with Crippen LogP contribution in [0.2, 0.25) is 10.0 Å². The second kappa shape index (κ2) is 8.14. The predicted octanol–water partition coefficient (Wildman–Crippen LogP) is 3.64. The average molecular weight is 329 g/mol. The molecule has 2 rings (SSSR count). The molecule has 0 radical (unpaired) electrons.